The van der Waals surface area contributed by atoms with Crippen LogP contribution < -0.4 is 4.18 Å². The standard InChI is InChI=1S/C7H13N3O3S3/c1-10-7(15-5-4-14-2)8-6(9-10)13-16(3,11)12/h4-5H2,1-3H3. The van der Waals surface area contributed by atoms with E-state index in [-0.39, 0.29) is 6.01 Å². The summed E-state index contributed by atoms with van der Waals surface area (Å²) < 4.78 is 27.8. The molecule has 0 unspecified atom stereocenters. The van der Waals surface area contributed by atoms with Crippen molar-refractivity contribution >= 4 is 33.6 Å². The second-order valence-corrected chi connectivity index (χ2v) is 6.55. The minimum Gasteiger partial charge on any atom is -0.342 e. The topological polar surface area (TPSA) is 74.1 Å². The maximum absolute atomic E-state index is 10.9. The Bertz CT molecular complexity index is 443. The Morgan fingerprint density at radius 3 is 2.69 bits per heavy atom. The van der Waals surface area contributed by atoms with Crippen molar-refractivity contribution in [3.05, 3.63) is 0 Å². The highest BCUT2D eigenvalue weighted by molar-refractivity contribution is 8.02. The Labute approximate surface area is 103 Å². The molecule has 0 spiro atoms. The second-order valence-electron chi connectivity index (χ2n) is 2.93. The lowest BCUT2D eigenvalue weighted by Crippen LogP contribution is -2.07. The molecule has 1 rings (SSSR count). The maximum atomic E-state index is 10.9. The average molecular weight is 283 g/mol. The van der Waals surface area contributed by atoms with Gasteiger partial charge in [0.05, 0.1) is 6.26 Å². The summed E-state index contributed by atoms with van der Waals surface area (Å²) in [5.74, 6) is 1.89. The Kier molecular flexibility index (Phi) is 4.93. The van der Waals surface area contributed by atoms with Crippen molar-refractivity contribution in [3.8, 4) is 6.01 Å². The molecule has 0 saturated heterocycles. The molecule has 16 heavy (non-hydrogen) atoms. The summed E-state index contributed by atoms with van der Waals surface area (Å²) in [6.45, 7) is 0. The highest BCUT2D eigenvalue weighted by atomic mass is 32.2. The first-order chi connectivity index (χ1) is 7.42. The Morgan fingerprint density at radius 1 is 1.44 bits per heavy atom. The highest BCUT2D eigenvalue weighted by Gasteiger charge is 2.12. The van der Waals surface area contributed by atoms with Crippen LogP contribution in [0.3, 0.4) is 0 Å². The van der Waals surface area contributed by atoms with E-state index in [1.807, 2.05) is 6.26 Å². The van der Waals surface area contributed by atoms with E-state index in [2.05, 4.69) is 14.3 Å². The first-order valence-electron chi connectivity index (χ1n) is 4.34. The summed E-state index contributed by atoms with van der Waals surface area (Å²) in [5.41, 5.74) is 0. The number of hydrogen-bond acceptors (Lipinski definition) is 7. The van der Waals surface area contributed by atoms with Gasteiger partial charge in [-0.15, -0.1) is 5.10 Å². The third-order valence-corrected chi connectivity index (χ3v) is 3.79. The monoisotopic (exact) mass is 283 g/mol. The molecule has 0 aliphatic carbocycles. The van der Waals surface area contributed by atoms with Crippen molar-refractivity contribution in [1.82, 2.24) is 14.8 Å². The number of aromatic nitrogens is 3. The molecule has 0 amide bonds. The van der Waals surface area contributed by atoms with E-state index in [0.29, 0.717) is 5.16 Å². The number of hydrogen-bond donors (Lipinski definition) is 0. The normalized spacial score (nSPS) is 11.7. The van der Waals surface area contributed by atoms with Crippen LogP contribution in [0, 0.1) is 0 Å². The smallest absolute Gasteiger partial charge is 0.342 e. The zero-order valence-corrected chi connectivity index (χ0v) is 11.7. The van der Waals surface area contributed by atoms with Crippen molar-refractivity contribution in [1.29, 1.82) is 0 Å². The minimum absolute atomic E-state index is 0.128. The molecule has 0 bridgehead atoms. The molecule has 1 aromatic rings. The Hall–Kier alpha value is -0.410. The minimum atomic E-state index is -3.56. The van der Waals surface area contributed by atoms with Gasteiger partial charge < -0.3 is 4.18 Å². The van der Waals surface area contributed by atoms with E-state index in [9.17, 15) is 8.42 Å². The molecule has 0 radical (unpaired) electrons. The first kappa shape index (κ1) is 13.7. The van der Waals surface area contributed by atoms with Gasteiger partial charge in [-0.25, -0.2) is 4.68 Å². The van der Waals surface area contributed by atoms with Crippen LogP contribution >= 0.6 is 23.5 Å². The lowest BCUT2D eigenvalue weighted by atomic mass is 11.0. The van der Waals surface area contributed by atoms with Crippen molar-refractivity contribution in [2.24, 2.45) is 7.05 Å². The fourth-order valence-electron chi connectivity index (χ4n) is 0.860. The van der Waals surface area contributed by atoms with Crippen molar-refractivity contribution in [3.63, 3.8) is 0 Å². The van der Waals surface area contributed by atoms with Gasteiger partial charge in [0.2, 0.25) is 0 Å². The molecule has 1 aromatic heterocycles. The molecular formula is C7H13N3O3S3. The second kappa shape index (κ2) is 5.78. The van der Waals surface area contributed by atoms with Crippen LogP contribution in [-0.4, -0.2) is 47.2 Å². The van der Waals surface area contributed by atoms with Crippen LogP contribution in [0.15, 0.2) is 5.16 Å². The largest absolute Gasteiger partial charge is 0.352 e. The molecule has 0 atom stereocenters. The highest BCUT2D eigenvalue weighted by Crippen LogP contribution is 2.18. The van der Waals surface area contributed by atoms with Gasteiger partial charge in [-0.3, -0.25) is 0 Å². The number of thioether (sulfide) groups is 2. The van der Waals surface area contributed by atoms with E-state index >= 15 is 0 Å². The van der Waals surface area contributed by atoms with Gasteiger partial charge in [-0.05, 0) is 6.26 Å². The third-order valence-electron chi connectivity index (χ3n) is 1.45. The van der Waals surface area contributed by atoms with Crippen LogP contribution in [0.2, 0.25) is 0 Å². The predicted octanol–water partition coefficient (Wildman–Crippen LogP) is 0.609. The van der Waals surface area contributed by atoms with E-state index in [0.717, 1.165) is 17.8 Å². The van der Waals surface area contributed by atoms with Gasteiger partial charge in [-0.1, -0.05) is 11.8 Å². The lowest BCUT2D eigenvalue weighted by molar-refractivity contribution is 0.468. The molecular weight excluding hydrogens is 270 g/mol. The van der Waals surface area contributed by atoms with E-state index < -0.39 is 10.1 Å². The van der Waals surface area contributed by atoms with E-state index in [1.165, 1.54) is 16.4 Å². The summed E-state index contributed by atoms with van der Waals surface area (Å²) in [6, 6.07) is -0.128. The summed E-state index contributed by atoms with van der Waals surface area (Å²) in [6.07, 6.45) is 2.99. The summed E-state index contributed by atoms with van der Waals surface area (Å²) in [7, 11) is -1.86. The van der Waals surface area contributed by atoms with Crippen molar-refractivity contribution < 1.29 is 12.6 Å². The molecule has 1 heterocycles. The van der Waals surface area contributed by atoms with Crippen molar-refractivity contribution in [2.75, 3.05) is 24.0 Å². The molecule has 0 aliphatic rings. The molecule has 0 fully saturated rings. The first-order valence-corrected chi connectivity index (χ1v) is 8.54. The molecule has 0 N–H and O–H groups in total. The van der Waals surface area contributed by atoms with E-state index in [1.54, 1.807) is 18.8 Å². The SMILES string of the molecule is CSCCSc1nc(OS(C)(=O)=O)nn1C. The predicted molar refractivity (Wildman–Crippen MR) is 65.6 cm³/mol. The lowest BCUT2D eigenvalue weighted by Gasteiger charge is -1.96. The molecule has 9 heteroatoms. The maximum Gasteiger partial charge on any atom is 0.352 e. The third kappa shape index (κ3) is 4.62. The number of nitrogens with zero attached hydrogens (tertiary/aromatic N) is 3. The van der Waals surface area contributed by atoms with Gasteiger partial charge in [0.25, 0.3) is 0 Å². The molecule has 0 saturated carbocycles. The Morgan fingerprint density at radius 2 is 2.12 bits per heavy atom. The van der Waals surface area contributed by atoms with Crippen LogP contribution in [-0.2, 0) is 17.2 Å². The molecule has 0 aromatic carbocycles. The summed E-state index contributed by atoms with van der Waals surface area (Å²) >= 11 is 3.25. The Balaban J connectivity index is 2.66. The number of aryl methyl sites for hydroxylation is 1. The molecule has 6 nitrogen and oxygen atoms in total. The average Bonchev–Trinajstić information content (AvgIpc) is 2.44. The van der Waals surface area contributed by atoms with Crippen molar-refractivity contribution in [2.45, 2.75) is 5.16 Å². The fourth-order valence-corrected chi connectivity index (χ4v) is 2.75. The molecule has 92 valence electrons. The zero-order valence-electron chi connectivity index (χ0n) is 9.21. The van der Waals surface area contributed by atoms with E-state index in [4.69, 9.17) is 0 Å². The summed E-state index contributed by atoms with van der Waals surface area (Å²) in [4.78, 5) is 3.97. The number of rotatable bonds is 6. The zero-order chi connectivity index (χ0) is 12.2. The van der Waals surface area contributed by atoms with Gasteiger partial charge in [0, 0.05) is 18.6 Å². The van der Waals surface area contributed by atoms with Crippen LogP contribution in [0.25, 0.3) is 0 Å². The van der Waals surface area contributed by atoms with Crippen LogP contribution in [0.1, 0.15) is 0 Å². The quantitative estimate of drug-likeness (QED) is 0.430. The summed E-state index contributed by atoms with van der Waals surface area (Å²) in [5, 5.41) is 4.50. The van der Waals surface area contributed by atoms with Gasteiger partial charge in [0.15, 0.2) is 5.16 Å². The van der Waals surface area contributed by atoms with Gasteiger partial charge >= 0.3 is 16.1 Å². The fraction of sp³-hybridized carbons (Fsp3) is 0.714. The van der Waals surface area contributed by atoms with Gasteiger partial charge in [-0.2, -0.15) is 25.2 Å². The molecule has 0 aliphatic heterocycles. The van der Waals surface area contributed by atoms with Crippen LogP contribution in [0.5, 0.6) is 6.01 Å². The van der Waals surface area contributed by atoms with Gasteiger partial charge in [0.1, 0.15) is 0 Å². The van der Waals surface area contributed by atoms with Crippen LogP contribution in [0.4, 0.5) is 0 Å².